The molecule has 1 aliphatic heterocycles. The number of nitrogens with zero attached hydrogens (tertiary/aromatic N) is 2. The molecule has 1 saturated heterocycles. The van der Waals surface area contributed by atoms with E-state index in [-0.39, 0.29) is 11.5 Å². The Morgan fingerprint density at radius 2 is 2.11 bits per heavy atom. The Kier molecular flexibility index (Phi) is 3.21. The Morgan fingerprint density at radius 1 is 1.32 bits per heavy atom. The molecule has 1 aromatic heterocycles. The first kappa shape index (κ1) is 12.2. The van der Waals surface area contributed by atoms with Crippen molar-refractivity contribution in [3.63, 3.8) is 0 Å². The summed E-state index contributed by atoms with van der Waals surface area (Å²) in [4.78, 5) is 18.9. The van der Waals surface area contributed by atoms with Gasteiger partial charge in [0.15, 0.2) is 5.13 Å². The van der Waals surface area contributed by atoms with E-state index in [1.165, 1.54) is 30.2 Å². The molecule has 5 heteroatoms. The largest absolute Gasteiger partial charge is 0.508 e. The molecule has 19 heavy (non-hydrogen) atoms. The van der Waals surface area contributed by atoms with E-state index in [4.69, 9.17) is 0 Å². The van der Waals surface area contributed by atoms with Gasteiger partial charge in [0.2, 0.25) is 5.78 Å². The molecule has 0 bridgehead atoms. The Bertz CT molecular complexity index is 603. The highest BCUT2D eigenvalue weighted by molar-refractivity contribution is 7.14. The minimum absolute atomic E-state index is 0.0980. The Morgan fingerprint density at radius 3 is 2.84 bits per heavy atom. The van der Waals surface area contributed by atoms with E-state index in [9.17, 15) is 9.90 Å². The third kappa shape index (κ3) is 2.46. The number of thiazole rings is 1. The quantitative estimate of drug-likeness (QED) is 0.874. The summed E-state index contributed by atoms with van der Waals surface area (Å²) in [5.41, 5.74) is 0.927. The average Bonchev–Trinajstić information content (AvgIpc) is 3.08. The molecule has 1 aromatic carbocycles. The number of carbonyl (C=O) groups excluding carboxylic acids is 1. The lowest BCUT2D eigenvalue weighted by atomic mass is 10.1. The fraction of sp³-hybridized carbons (Fsp3) is 0.286. The molecule has 4 nitrogen and oxygen atoms in total. The zero-order valence-corrected chi connectivity index (χ0v) is 11.2. The van der Waals surface area contributed by atoms with Gasteiger partial charge in [-0.05, 0) is 25.0 Å². The minimum atomic E-state index is -0.141. The van der Waals surface area contributed by atoms with Crippen LogP contribution in [0.4, 0.5) is 5.13 Å². The number of ketones is 1. The van der Waals surface area contributed by atoms with Gasteiger partial charge in [-0.15, -0.1) is 11.3 Å². The lowest BCUT2D eigenvalue weighted by molar-refractivity contribution is 0.103. The number of aromatic nitrogens is 1. The number of benzene rings is 1. The lowest BCUT2D eigenvalue weighted by Crippen LogP contribution is -2.17. The van der Waals surface area contributed by atoms with E-state index in [1.807, 2.05) is 0 Å². The van der Waals surface area contributed by atoms with E-state index in [1.54, 1.807) is 23.6 Å². The van der Waals surface area contributed by atoms with E-state index >= 15 is 0 Å². The second-order valence-corrected chi connectivity index (χ2v) is 5.43. The number of aromatic hydroxyl groups is 1. The molecule has 0 atom stereocenters. The summed E-state index contributed by atoms with van der Waals surface area (Å²) >= 11 is 1.51. The van der Waals surface area contributed by atoms with Gasteiger partial charge >= 0.3 is 0 Å². The Balaban J connectivity index is 1.84. The smallest absolute Gasteiger partial charge is 0.212 e. The monoisotopic (exact) mass is 274 g/mol. The van der Waals surface area contributed by atoms with Crippen molar-refractivity contribution in [2.75, 3.05) is 18.0 Å². The van der Waals surface area contributed by atoms with Crippen molar-refractivity contribution in [2.24, 2.45) is 0 Å². The summed E-state index contributed by atoms with van der Waals surface area (Å²) < 4.78 is 0. The topological polar surface area (TPSA) is 53.4 Å². The predicted octanol–water partition coefficient (Wildman–Crippen LogP) is 2.68. The summed E-state index contributed by atoms with van der Waals surface area (Å²) in [6.45, 7) is 2.04. The van der Waals surface area contributed by atoms with E-state index < -0.39 is 0 Å². The van der Waals surface area contributed by atoms with Crippen LogP contribution in [0, 0.1) is 0 Å². The van der Waals surface area contributed by atoms with Gasteiger partial charge in [0.05, 0.1) is 0 Å². The van der Waals surface area contributed by atoms with Crippen molar-refractivity contribution in [1.82, 2.24) is 4.98 Å². The van der Waals surface area contributed by atoms with Crippen LogP contribution >= 0.6 is 11.3 Å². The van der Waals surface area contributed by atoms with E-state index in [0.29, 0.717) is 11.3 Å². The van der Waals surface area contributed by atoms with Crippen molar-refractivity contribution < 1.29 is 9.90 Å². The van der Waals surface area contributed by atoms with Crippen LogP contribution in [0.2, 0.25) is 0 Å². The number of hydrogen-bond acceptors (Lipinski definition) is 5. The number of anilines is 1. The van der Waals surface area contributed by atoms with Crippen LogP contribution in [0.15, 0.2) is 29.6 Å². The van der Waals surface area contributed by atoms with Crippen LogP contribution in [-0.2, 0) is 0 Å². The zero-order chi connectivity index (χ0) is 13.2. The number of hydrogen-bond donors (Lipinski definition) is 1. The fourth-order valence-electron chi connectivity index (χ4n) is 2.22. The van der Waals surface area contributed by atoms with Gasteiger partial charge in [-0.1, -0.05) is 12.1 Å². The van der Waals surface area contributed by atoms with Gasteiger partial charge in [-0.25, -0.2) is 4.98 Å². The molecule has 0 unspecified atom stereocenters. The first-order valence-corrected chi connectivity index (χ1v) is 7.16. The number of phenols is 1. The minimum Gasteiger partial charge on any atom is -0.508 e. The van der Waals surface area contributed by atoms with Gasteiger partial charge in [0.25, 0.3) is 0 Å². The SMILES string of the molecule is O=C(c1cccc(O)c1)c1csc(N2CCCC2)n1. The van der Waals surface area contributed by atoms with Crippen molar-refractivity contribution in [3.05, 3.63) is 40.9 Å². The van der Waals surface area contributed by atoms with E-state index in [2.05, 4.69) is 9.88 Å². The highest BCUT2D eigenvalue weighted by Crippen LogP contribution is 2.25. The Hall–Kier alpha value is -1.88. The average molecular weight is 274 g/mol. The van der Waals surface area contributed by atoms with Crippen molar-refractivity contribution in [2.45, 2.75) is 12.8 Å². The first-order valence-electron chi connectivity index (χ1n) is 6.28. The van der Waals surface area contributed by atoms with Crippen LogP contribution < -0.4 is 4.90 Å². The summed E-state index contributed by atoms with van der Waals surface area (Å²) in [7, 11) is 0. The summed E-state index contributed by atoms with van der Waals surface area (Å²) in [5.74, 6) is -0.0431. The molecular weight excluding hydrogens is 260 g/mol. The standard InChI is InChI=1S/C14H14N2O2S/c17-11-5-3-4-10(8-11)13(18)12-9-19-14(15-12)16-6-1-2-7-16/h3-5,8-9,17H,1-2,6-7H2. The normalized spacial score (nSPS) is 14.8. The first-order chi connectivity index (χ1) is 9.24. The molecule has 1 aliphatic rings. The number of rotatable bonds is 3. The molecule has 0 saturated carbocycles. The molecular formula is C14H14N2O2S. The number of carbonyl (C=O) groups is 1. The van der Waals surface area contributed by atoms with Gasteiger partial charge in [0, 0.05) is 24.0 Å². The highest BCUT2D eigenvalue weighted by Gasteiger charge is 2.19. The van der Waals surface area contributed by atoms with Crippen molar-refractivity contribution in [1.29, 1.82) is 0 Å². The van der Waals surface area contributed by atoms with Crippen molar-refractivity contribution >= 4 is 22.3 Å². The third-order valence-electron chi connectivity index (χ3n) is 3.21. The lowest BCUT2D eigenvalue weighted by Gasteiger charge is -2.12. The van der Waals surface area contributed by atoms with Gasteiger partial charge in [-0.3, -0.25) is 4.79 Å². The maximum Gasteiger partial charge on any atom is 0.212 e. The molecule has 3 rings (SSSR count). The maximum absolute atomic E-state index is 12.2. The summed E-state index contributed by atoms with van der Waals surface area (Å²) in [6, 6.07) is 6.37. The molecule has 0 radical (unpaired) electrons. The van der Waals surface area contributed by atoms with Crippen LogP contribution in [0.1, 0.15) is 28.9 Å². The summed E-state index contributed by atoms with van der Waals surface area (Å²) in [6.07, 6.45) is 2.38. The van der Waals surface area contributed by atoms with Crippen LogP contribution in [0.25, 0.3) is 0 Å². The van der Waals surface area contributed by atoms with E-state index in [0.717, 1.165) is 18.2 Å². The van der Waals surface area contributed by atoms with Gasteiger partial charge < -0.3 is 10.0 Å². The van der Waals surface area contributed by atoms with Crippen LogP contribution in [0.5, 0.6) is 5.75 Å². The predicted molar refractivity (Wildman–Crippen MR) is 75.1 cm³/mol. The maximum atomic E-state index is 12.2. The second-order valence-electron chi connectivity index (χ2n) is 4.59. The van der Waals surface area contributed by atoms with Gasteiger partial charge in [0.1, 0.15) is 11.4 Å². The molecule has 2 heterocycles. The number of phenolic OH excluding ortho intramolecular Hbond substituents is 1. The summed E-state index contributed by atoms with van der Waals surface area (Å²) in [5, 5.41) is 12.1. The Labute approximate surface area is 115 Å². The second kappa shape index (κ2) is 5.01. The molecule has 1 N–H and O–H groups in total. The molecule has 1 fully saturated rings. The van der Waals surface area contributed by atoms with Crippen LogP contribution in [-0.4, -0.2) is 29.0 Å². The highest BCUT2D eigenvalue weighted by atomic mass is 32.1. The van der Waals surface area contributed by atoms with Crippen LogP contribution in [0.3, 0.4) is 0 Å². The molecule has 0 amide bonds. The fourth-order valence-corrected chi connectivity index (χ4v) is 3.08. The van der Waals surface area contributed by atoms with Crippen molar-refractivity contribution in [3.8, 4) is 5.75 Å². The third-order valence-corrected chi connectivity index (χ3v) is 4.11. The molecule has 0 spiro atoms. The molecule has 98 valence electrons. The zero-order valence-electron chi connectivity index (χ0n) is 10.4. The molecule has 2 aromatic rings. The molecule has 0 aliphatic carbocycles. The van der Waals surface area contributed by atoms with Gasteiger partial charge in [-0.2, -0.15) is 0 Å².